The second-order valence-electron chi connectivity index (χ2n) is 6.13. The summed E-state index contributed by atoms with van der Waals surface area (Å²) >= 11 is 0. The fourth-order valence-corrected chi connectivity index (χ4v) is 3.54. The minimum Gasteiger partial charge on any atom is -0.0876 e. The molecule has 0 N–H and O–H groups in total. The van der Waals surface area contributed by atoms with Crippen molar-refractivity contribution in [2.24, 2.45) is 0 Å². The summed E-state index contributed by atoms with van der Waals surface area (Å²) in [4.78, 5) is 0. The number of benzene rings is 2. The predicted molar refractivity (Wildman–Crippen MR) is 94.8 cm³/mol. The maximum absolute atomic E-state index is 2.35. The van der Waals surface area contributed by atoms with Crippen molar-refractivity contribution in [3.8, 4) is 0 Å². The van der Waals surface area contributed by atoms with Crippen molar-refractivity contribution in [1.82, 2.24) is 0 Å². The first-order valence-electron chi connectivity index (χ1n) is 8.11. The van der Waals surface area contributed by atoms with Gasteiger partial charge in [0.15, 0.2) is 0 Å². The molecule has 2 aliphatic rings. The van der Waals surface area contributed by atoms with Gasteiger partial charge in [0.05, 0.1) is 0 Å². The first kappa shape index (κ1) is 13.3. The van der Waals surface area contributed by atoms with E-state index in [4.69, 9.17) is 0 Å². The molecular weight excluding hydrogens is 264 g/mol. The van der Waals surface area contributed by atoms with Gasteiger partial charge in [-0.05, 0) is 35.1 Å². The molecule has 0 bridgehead atoms. The molecule has 0 unspecified atom stereocenters. The van der Waals surface area contributed by atoms with Gasteiger partial charge in [-0.15, -0.1) is 0 Å². The Labute approximate surface area is 132 Å². The molecule has 0 aromatic heterocycles. The molecule has 0 spiro atoms. The zero-order valence-corrected chi connectivity index (χ0v) is 12.7. The van der Waals surface area contributed by atoms with Crippen LogP contribution in [0.15, 0.2) is 72.8 Å². The van der Waals surface area contributed by atoms with E-state index in [9.17, 15) is 0 Å². The Morgan fingerprint density at radius 2 is 1.09 bits per heavy atom. The van der Waals surface area contributed by atoms with E-state index in [-0.39, 0.29) is 0 Å². The molecule has 108 valence electrons. The van der Waals surface area contributed by atoms with Gasteiger partial charge >= 0.3 is 0 Å². The molecule has 0 fully saturated rings. The second-order valence-corrected chi connectivity index (χ2v) is 6.13. The van der Waals surface area contributed by atoms with E-state index in [0.717, 1.165) is 12.8 Å². The van der Waals surface area contributed by atoms with E-state index in [1.165, 1.54) is 22.3 Å². The van der Waals surface area contributed by atoms with E-state index < -0.39 is 0 Å². The zero-order valence-electron chi connectivity index (χ0n) is 12.7. The average Bonchev–Trinajstić information content (AvgIpc) is 3.16. The Morgan fingerprint density at radius 3 is 1.59 bits per heavy atom. The van der Waals surface area contributed by atoms with Crippen LogP contribution in [0.5, 0.6) is 0 Å². The van der Waals surface area contributed by atoms with Crippen molar-refractivity contribution in [3.63, 3.8) is 0 Å². The van der Waals surface area contributed by atoms with Gasteiger partial charge in [0.2, 0.25) is 0 Å². The van der Waals surface area contributed by atoms with E-state index >= 15 is 0 Å². The molecule has 0 nitrogen and oxygen atoms in total. The summed E-state index contributed by atoms with van der Waals surface area (Å²) in [7, 11) is 0. The third-order valence-corrected chi connectivity index (χ3v) is 4.75. The Kier molecular flexibility index (Phi) is 3.52. The van der Waals surface area contributed by atoms with Gasteiger partial charge in [0, 0.05) is 11.8 Å². The number of hydrogen-bond donors (Lipinski definition) is 0. The van der Waals surface area contributed by atoms with Gasteiger partial charge in [0.1, 0.15) is 0 Å². The Hall–Kier alpha value is -2.34. The molecule has 0 heteroatoms. The minimum absolute atomic E-state index is 0.554. The second kappa shape index (κ2) is 5.81. The lowest BCUT2D eigenvalue weighted by Gasteiger charge is -2.09. The molecule has 2 atom stereocenters. The van der Waals surface area contributed by atoms with Crippen LogP contribution >= 0.6 is 0 Å². The van der Waals surface area contributed by atoms with Crippen LogP contribution in [-0.2, 0) is 0 Å². The molecule has 0 amide bonds. The van der Waals surface area contributed by atoms with Crippen LogP contribution in [0.2, 0.25) is 0 Å². The van der Waals surface area contributed by atoms with E-state index in [2.05, 4.69) is 85.0 Å². The quantitative estimate of drug-likeness (QED) is 0.609. The molecule has 4 rings (SSSR count). The van der Waals surface area contributed by atoms with Gasteiger partial charge in [-0.2, -0.15) is 0 Å². The number of allylic oxidation sites excluding steroid dienone is 4. The summed E-state index contributed by atoms with van der Waals surface area (Å²) in [6, 6.07) is 17.4. The van der Waals surface area contributed by atoms with Gasteiger partial charge in [-0.3, -0.25) is 0 Å². The summed E-state index contributed by atoms with van der Waals surface area (Å²) in [6.07, 6.45) is 16.1. The lowest BCUT2D eigenvalue weighted by molar-refractivity contribution is 0.848. The maximum atomic E-state index is 2.35. The van der Waals surface area contributed by atoms with Gasteiger partial charge < -0.3 is 0 Å². The Morgan fingerprint density at radius 1 is 0.636 bits per heavy atom. The Balaban J connectivity index is 1.37. The summed E-state index contributed by atoms with van der Waals surface area (Å²) in [6.45, 7) is 0. The summed E-state index contributed by atoms with van der Waals surface area (Å²) in [5.41, 5.74) is 5.71. The summed E-state index contributed by atoms with van der Waals surface area (Å²) in [5, 5.41) is 0. The molecule has 0 radical (unpaired) electrons. The first-order valence-corrected chi connectivity index (χ1v) is 8.11. The number of rotatable bonds is 4. The van der Waals surface area contributed by atoms with Crippen LogP contribution in [-0.4, -0.2) is 0 Å². The van der Waals surface area contributed by atoms with Crippen molar-refractivity contribution >= 4 is 12.2 Å². The predicted octanol–water partition coefficient (Wildman–Crippen LogP) is 5.94. The van der Waals surface area contributed by atoms with E-state index in [1.54, 1.807) is 0 Å². The number of fused-ring (bicyclic) bond motifs is 2. The van der Waals surface area contributed by atoms with Crippen molar-refractivity contribution in [2.75, 3.05) is 0 Å². The average molecular weight is 284 g/mol. The van der Waals surface area contributed by atoms with Crippen LogP contribution in [0.1, 0.15) is 46.9 Å². The number of hydrogen-bond acceptors (Lipinski definition) is 0. The fraction of sp³-hybridized carbons (Fsp3) is 0.182. The normalized spacial score (nSPS) is 21.5. The first-order chi connectivity index (χ1) is 10.9. The highest BCUT2D eigenvalue weighted by molar-refractivity contribution is 5.63. The smallest absolute Gasteiger partial charge is 0.00617 e. The topological polar surface area (TPSA) is 0 Å². The van der Waals surface area contributed by atoms with Crippen LogP contribution in [0.4, 0.5) is 0 Å². The largest absolute Gasteiger partial charge is 0.0876 e. The molecule has 2 aromatic rings. The Bertz CT molecular complexity index is 696. The molecule has 2 aliphatic carbocycles. The van der Waals surface area contributed by atoms with Crippen LogP contribution in [0, 0.1) is 0 Å². The summed E-state index contributed by atoms with van der Waals surface area (Å²) < 4.78 is 0. The van der Waals surface area contributed by atoms with Crippen LogP contribution < -0.4 is 0 Å². The van der Waals surface area contributed by atoms with Gasteiger partial charge in [0.25, 0.3) is 0 Å². The summed E-state index contributed by atoms with van der Waals surface area (Å²) in [5.74, 6) is 1.11. The zero-order chi connectivity index (χ0) is 14.8. The maximum Gasteiger partial charge on any atom is 0.00617 e. The van der Waals surface area contributed by atoms with Gasteiger partial charge in [-0.1, -0.05) is 85.0 Å². The molecule has 0 heterocycles. The monoisotopic (exact) mass is 284 g/mol. The molecule has 22 heavy (non-hydrogen) atoms. The standard InChI is InChI=1S/C22H20/c1(7-17-13-15-19-9-3-5-11-21(17)19)2-8-18-14-16-20-10-4-6-12-22(18)20/h1-6,9-18H,7-8H2/b2-1+/t17-,18-/m0/s1. The van der Waals surface area contributed by atoms with Crippen molar-refractivity contribution in [1.29, 1.82) is 0 Å². The highest BCUT2D eigenvalue weighted by Crippen LogP contribution is 2.34. The van der Waals surface area contributed by atoms with E-state index in [0.29, 0.717) is 11.8 Å². The molecule has 0 aliphatic heterocycles. The third-order valence-electron chi connectivity index (χ3n) is 4.75. The lowest BCUT2D eigenvalue weighted by Crippen LogP contribution is -1.92. The van der Waals surface area contributed by atoms with Crippen molar-refractivity contribution in [3.05, 3.63) is 95.1 Å². The van der Waals surface area contributed by atoms with Gasteiger partial charge in [-0.25, -0.2) is 0 Å². The van der Waals surface area contributed by atoms with Crippen LogP contribution in [0.3, 0.4) is 0 Å². The third kappa shape index (κ3) is 2.46. The molecule has 2 aromatic carbocycles. The van der Waals surface area contributed by atoms with Crippen molar-refractivity contribution < 1.29 is 0 Å². The lowest BCUT2D eigenvalue weighted by atomic mass is 9.95. The molecular formula is C22H20. The molecule has 0 saturated heterocycles. The van der Waals surface area contributed by atoms with Crippen molar-refractivity contribution in [2.45, 2.75) is 24.7 Å². The molecule has 0 saturated carbocycles. The highest BCUT2D eigenvalue weighted by atomic mass is 14.2. The SMILES string of the molecule is C1=C[C@H](C/C=C/C[C@H]2C=Cc3ccccc32)c2ccccc21. The fourth-order valence-electron chi connectivity index (χ4n) is 3.54. The van der Waals surface area contributed by atoms with Crippen LogP contribution in [0.25, 0.3) is 12.2 Å². The van der Waals surface area contributed by atoms with E-state index in [1.807, 2.05) is 0 Å². The minimum atomic E-state index is 0.554. The highest BCUT2D eigenvalue weighted by Gasteiger charge is 2.16.